The second-order valence-electron chi connectivity index (χ2n) is 7.17. The first kappa shape index (κ1) is 21.9. The molecule has 0 aliphatic heterocycles. The van der Waals surface area contributed by atoms with Crippen LogP contribution in [-0.4, -0.2) is 47.0 Å². The van der Waals surface area contributed by atoms with Gasteiger partial charge in [0.05, 0.1) is 23.3 Å². The molecule has 2 aromatic heterocycles. The molecule has 0 aliphatic carbocycles. The van der Waals surface area contributed by atoms with E-state index in [0.29, 0.717) is 41.5 Å². The highest BCUT2D eigenvalue weighted by Gasteiger charge is 2.29. The van der Waals surface area contributed by atoms with Gasteiger partial charge in [-0.15, -0.1) is 0 Å². The topological polar surface area (TPSA) is 89.5 Å². The van der Waals surface area contributed by atoms with Gasteiger partial charge in [-0.05, 0) is 32.0 Å². The Balaban J connectivity index is 1.79. The molecule has 9 heteroatoms. The number of benzene rings is 1. The van der Waals surface area contributed by atoms with E-state index in [2.05, 4.69) is 19.7 Å². The van der Waals surface area contributed by atoms with Crippen molar-refractivity contribution in [2.24, 2.45) is 0 Å². The van der Waals surface area contributed by atoms with Crippen molar-refractivity contribution in [3.8, 4) is 11.5 Å². The highest BCUT2D eigenvalue weighted by atomic mass is 19.3. The molecule has 2 heterocycles. The lowest BCUT2D eigenvalue weighted by Gasteiger charge is -2.22. The van der Waals surface area contributed by atoms with E-state index in [1.165, 1.54) is 12.1 Å². The predicted molar refractivity (Wildman–Crippen MR) is 107 cm³/mol. The summed E-state index contributed by atoms with van der Waals surface area (Å²) in [5, 5.41) is 11.1. The number of hydrogen-bond donors (Lipinski definition) is 2. The standard InChI is InChI=1S/C21H25F2N3O4/c1-13-17(24-8-7-18(13)29-10-4-9-28-3)12-21(2,27)19-25-15-6-5-14(30-20(22)23)11-16(15)26-19/h5-8,11,20,27H,4,9-10,12H2,1-3H3,(H,25,26). The maximum atomic E-state index is 12.4. The lowest BCUT2D eigenvalue weighted by atomic mass is 9.96. The minimum Gasteiger partial charge on any atom is -0.493 e. The van der Waals surface area contributed by atoms with Crippen molar-refractivity contribution in [2.75, 3.05) is 20.3 Å². The Kier molecular flexibility index (Phi) is 6.84. The maximum absolute atomic E-state index is 12.4. The predicted octanol–water partition coefficient (Wildman–Crippen LogP) is 3.73. The summed E-state index contributed by atoms with van der Waals surface area (Å²) in [5.41, 5.74) is 1.16. The number of nitrogens with one attached hydrogen (secondary N) is 1. The van der Waals surface area contributed by atoms with E-state index in [-0.39, 0.29) is 12.2 Å². The van der Waals surface area contributed by atoms with Crippen LogP contribution in [0.4, 0.5) is 8.78 Å². The van der Waals surface area contributed by atoms with Crippen LogP contribution in [0.2, 0.25) is 0 Å². The largest absolute Gasteiger partial charge is 0.493 e. The van der Waals surface area contributed by atoms with Crippen molar-refractivity contribution in [3.63, 3.8) is 0 Å². The van der Waals surface area contributed by atoms with Crippen LogP contribution in [0.3, 0.4) is 0 Å². The second-order valence-corrected chi connectivity index (χ2v) is 7.17. The quantitative estimate of drug-likeness (QED) is 0.485. The molecule has 0 fully saturated rings. The Bertz CT molecular complexity index is 992. The molecule has 2 N–H and O–H groups in total. The normalized spacial score (nSPS) is 13.6. The van der Waals surface area contributed by atoms with Crippen molar-refractivity contribution < 1.29 is 28.1 Å². The molecular weight excluding hydrogens is 396 g/mol. The smallest absolute Gasteiger partial charge is 0.387 e. The number of aromatic amines is 1. The van der Waals surface area contributed by atoms with Gasteiger partial charge >= 0.3 is 6.61 Å². The molecule has 0 radical (unpaired) electrons. The molecule has 0 spiro atoms. The van der Waals surface area contributed by atoms with E-state index in [0.717, 1.165) is 12.0 Å². The van der Waals surface area contributed by atoms with E-state index >= 15 is 0 Å². The van der Waals surface area contributed by atoms with Gasteiger partial charge in [0.1, 0.15) is 22.9 Å². The van der Waals surface area contributed by atoms with Crippen molar-refractivity contribution >= 4 is 11.0 Å². The first-order valence-corrected chi connectivity index (χ1v) is 9.54. The van der Waals surface area contributed by atoms with Crippen LogP contribution in [0.15, 0.2) is 30.5 Å². The van der Waals surface area contributed by atoms with E-state index in [9.17, 15) is 13.9 Å². The van der Waals surface area contributed by atoms with Crippen LogP contribution >= 0.6 is 0 Å². The number of nitrogens with zero attached hydrogens (tertiary/aromatic N) is 2. The lowest BCUT2D eigenvalue weighted by molar-refractivity contribution is -0.0497. The average molecular weight is 421 g/mol. The molecule has 3 rings (SSSR count). The van der Waals surface area contributed by atoms with Gasteiger partial charge in [-0.3, -0.25) is 4.98 Å². The number of imidazole rings is 1. The molecule has 0 saturated carbocycles. The third-order valence-corrected chi connectivity index (χ3v) is 4.71. The fourth-order valence-electron chi connectivity index (χ4n) is 3.11. The molecule has 1 aromatic carbocycles. The maximum Gasteiger partial charge on any atom is 0.387 e. The van der Waals surface area contributed by atoms with Crippen LogP contribution in [0, 0.1) is 6.92 Å². The zero-order chi connectivity index (χ0) is 21.7. The number of rotatable bonds is 10. The SMILES string of the molecule is COCCCOc1ccnc(CC(C)(O)c2nc3cc(OC(F)F)ccc3[nH]2)c1C. The second kappa shape index (κ2) is 9.36. The summed E-state index contributed by atoms with van der Waals surface area (Å²) >= 11 is 0. The summed E-state index contributed by atoms with van der Waals surface area (Å²) < 4.78 is 40.1. The van der Waals surface area contributed by atoms with E-state index in [4.69, 9.17) is 9.47 Å². The van der Waals surface area contributed by atoms with Crippen molar-refractivity contribution in [1.29, 1.82) is 0 Å². The van der Waals surface area contributed by atoms with Crippen molar-refractivity contribution in [1.82, 2.24) is 15.0 Å². The molecule has 0 amide bonds. The zero-order valence-corrected chi connectivity index (χ0v) is 17.1. The van der Waals surface area contributed by atoms with E-state index < -0.39 is 12.2 Å². The molecular formula is C21H25F2N3O4. The number of ether oxygens (including phenoxy) is 3. The molecule has 0 saturated heterocycles. The van der Waals surface area contributed by atoms with Gasteiger partial charge in [0, 0.05) is 44.4 Å². The van der Waals surface area contributed by atoms with Crippen LogP contribution < -0.4 is 9.47 Å². The molecule has 0 bridgehead atoms. The van der Waals surface area contributed by atoms with E-state index in [1.807, 2.05) is 6.92 Å². The van der Waals surface area contributed by atoms with Gasteiger partial charge in [0.2, 0.25) is 0 Å². The molecule has 162 valence electrons. The Morgan fingerprint density at radius 2 is 2.03 bits per heavy atom. The number of fused-ring (bicyclic) bond motifs is 1. The molecule has 3 aromatic rings. The molecule has 7 nitrogen and oxygen atoms in total. The third-order valence-electron chi connectivity index (χ3n) is 4.71. The first-order valence-electron chi connectivity index (χ1n) is 9.54. The van der Waals surface area contributed by atoms with Gasteiger partial charge in [-0.2, -0.15) is 8.78 Å². The molecule has 1 atom stereocenters. The fraction of sp³-hybridized carbons (Fsp3) is 0.429. The van der Waals surface area contributed by atoms with Gasteiger partial charge in [-0.1, -0.05) is 0 Å². The minimum atomic E-state index is -2.91. The first-order chi connectivity index (χ1) is 14.3. The van der Waals surface area contributed by atoms with Crippen LogP contribution in [0.5, 0.6) is 11.5 Å². The summed E-state index contributed by atoms with van der Waals surface area (Å²) in [7, 11) is 1.64. The Labute approximate surface area is 173 Å². The number of pyridine rings is 1. The van der Waals surface area contributed by atoms with Gasteiger partial charge < -0.3 is 24.3 Å². The minimum absolute atomic E-state index is 0.00558. The zero-order valence-electron chi connectivity index (χ0n) is 17.1. The lowest BCUT2D eigenvalue weighted by Crippen LogP contribution is -2.27. The van der Waals surface area contributed by atoms with E-state index in [1.54, 1.807) is 32.4 Å². The Morgan fingerprint density at radius 1 is 1.23 bits per heavy atom. The summed E-state index contributed by atoms with van der Waals surface area (Å²) in [4.78, 5) is 11.8. The number of halogens is 2. The number of aliphatic hydroxyl groups is 1. The van der Waals surface area contributed by atoms with Crippen LogP contribution in [0.25, 0.3) is 11.0 Å². The van der Waals surface area contributed by atoms with Gasteiger partial charge in [-0.25, -0.2) is 4.98 Å². The summed E-state index contributed by atoms with van der Waals surface area (Å²) in [5.74, 6) is 1.01. The van der Waals surface area contributed by atoms with Crippen molar-refractivity contribution in [2.45, 2.75) is 38.9 Å². The average Bonchev–Trinajstić information content (AvgIpc) is 3.12. The summed E-state index contributed by atoms with van der Waals surface area (Å²) in [6, 6.07) is 6.18. The van der Waals surface area contributed by atoms with Gasteiger partial charge in [0.15, 0.2) is 0 Å². The monoisotopic (exact) mass is 421 g/mol. The van der Waals surface area contributed by atoms with Crippen molar-refractivity contribution in [3.05, 3.63) is 47.5 Å². The number of hydrogen-bond acceptors (Lipinski definition) is 6. The highest BCUT2D eigenvalue weighted by Crippen LogP contribution is 2.29. The Morgan fingerprint density at radius 3 is 2.77 bits per heavy atom. The number of methoxy groups -OCH3 is 1. The van der Waals surface area contributed by atoms with Gasteiger partial charge in [0.25, 0.3) is 0 Å². The number of H-pyrrole nitrogens is 1. The highest BCUT2D eigenvalue weighted by molar-refractivity contribution is 5.77. The van der Waals surface area contributed by atoms with Crippen LogP contribution in [0.1, 0.15) is 30.4 Å². The molecule has 1 unspecified atom stereocenters. The number of alkyl halides is 2. The summed E-state index contributed by atoms with van der Waals surface area (Å²) in [6.45, 7) is 1.72. The third kappa shape index (κ3) is 5.22. The fourth-order valence-corrected chi connectivity index (χ4v) is 3.11. The van der Waals surface area contributed by atoms with Crippen LogP contribution in [-0.2, 0) is 16.8 Å². The molecule has 0 aliphatic rings. The number of aromatic nitrogens is 3. The molecule has 30 heavy (non-hydrogen) atoms. The Hall–Kier alpha value is -2.78. The summed E-state index contributed by atoms with van der Waals surface area (Å²) in [6.07, 6.45) is 2.59.